The zero-order chi connectivity index (χ0) is 18.6. The lowest BCUT2D eigenvalue weighted by Crippen LogP contribution is -2.47. The molecule has 0 saturated heterocycles. The number of benzene rings is 1. The molecule has 1 aromatic carbocycles. The predicted octanol–water partition coefficient (Wildman–Crippen LogP) is 2.32. The summed E-state index contributed by atoms with van der Waals surface area (Å²) in [4.78, 5) is 31.9. The second-order valence-electron chi connectivity index (χ2n) is 6.92. The van der Waals surface area contributed by atoms with Crippen LogP contribution >= 0.6 is 24.8 Å². The summed E-state index contributed by atoms with van der Waals surface area (Å²) in [5.41, 5.74) is 7.55. The van der Waals surface area contributed by atoms with Gasteiger partial charge in [-0.2, -0.15) is 0 Å². The van der Waals surface area contributed by atoms with Crippen LogP contribution in [0.5, 0.6) is 0 Å². The molecule has 27 heavy (non-hydrogen) atoms. The van der Waals surface area contributed by atoms with Crippen molar-refractivity contribution in [1.29, 1.82) is 0 Å². The fraction of sp³-hybridized carbons (Fsp3) is 0.500. The number of nitrogens with one attached hydrogen (secondary N) is 3. The van der Waals surface area contributed by atoms with E-state index in [0.29, 0.717) is 5.82 Å². The number of nitrogens with two attached hydrogens (primary N) is 1. The number of carbonyl (C=O) groups excluding carboxylic acids is 2. The number of nitrogens with zero attached hydrogens (tertiary/aromatic N) is 1. The maximum atomic E-state index is 12.2. The molecule has 2 aromatic rings. The van der Waals surface area contributed by atoms with Gasteiger partial charge in [-0.15, -0.1) is 24.8 Å². The molecule has 1 aromatic heterocycles. The van der Waals surface area contributed by atoms with E-state index in [1.807, 2.05) is 52.0 Å². The van der Waals surface area contributed by atoms with E-state index in [4.69, 9.17) is 5.73 Å². The normalized spacial score (nSPS) is 12.9. The van der Waals surface area contributed by atoms with Crippen LogP contribution in [-0.4, -0.2) is 34.4 Å². The van der Waals surface area contributed by atoms with Gasteiger partial charge in [0, 0.05) is 0 Å². The van der Waals surface area contributed by atoms with E-state index >= 15 is 0 Å². The number of para-hydroxylation sites is 2. The van der Waals surface area contributed by atoms with Gasteiger partial charge in [0.05, 0.1) is 29.7 Å². The zero-order valence-electron chi connectivity index (χ0n) is 16.0. The van der Waals surface area contributed by atoms with E-state index < -0.39 is 6.04 Å². The van der Waals surface area contributed by atoms with E-state index in [2.05, 4.69) is 20.6 Å². The molecule has 2 amide bonds. The van der Waals surface area contributed by atoms with Crippen molar-refractivity contribution in [2.24, 2.45) is 17.6 Å². The zero-order valence-corrected chi connectivity index (χ0v) is 17.6. The number of carbonyl (C=O) groups is 2. The van der Waals surface area contributed by atoms with Crippen molar-refractivity contribution < 1.29 is 9.59 Å². The third kappa shape index (κ3) is 6.68. The lowest BCUT2D eigenvalue weighted by molar-refractivity contribution is -0.127. The summed E-state index contributed by atoms with van der Waals surface area (Å²) in [6.07, 6.45) is 0. The van der Waals surface area contributed by atoms with E-state index in [0.717, 1.165) is 11.0 Å². The summed E-state index contributed by atoms with van der Waals surface area (Å²) in [7, 11) is 0. The number of amides is 2. The third-order valence-electron chi connectivity index (χ3n) is 4.13. The lowest BCUT2D eigenvalue weighted by atomic mass is 10.0. The maximum Gasteiger partial charge on any atom is 0.239 e. The highest BCUT2D eigenvalue weighted by Crippen LogP contribution is 2.21. The molecule has 0 fully saturated rings. The first-order valence-electron chi connectivity index (χ1n) is 8.57. The van der Waals surface area contributed by atoms with Crippen molar-refractivity contribution in [1.82, 2.24) is 20.6 Å². The van der Waals surface area contributed by atoms with Crippen LogP contribution in [0.1, 0.15) is 39.6 Å². The molecule has 0 aliphatic carbocycles. The number of imidazole rings is 1. The van der Waals surface area contributed by atoms with Gasteiger partial charge in [-0.3, -0.25) is 9.59 Å². The fourth-order valence-electron chi connectivity index (χ4n) is 2.48. The SMILES string of the molecule is CC(C)C(NC(=O)CNC(=O)[C@@H](N)C(C)C)c1nc2ccccc2[nH]1.Cl.Cl. The molecule has 0 spiro atoms. The second-order valence-corrected chi connectivity index (χ2v) is 6.92. The van der Waals surface area contributed by atoms with Gasteiger partial charge in [-0.1, -0.05) is 39.8 Å². The minimum atomic E-state index is -0.621. The van der Waals surface area contributed by atoms with Gasteiger partial charge in [-0.25, -0.2) is 4.98 Å². The number of rotatable bonds is 7. The minimum Gasteiger partial charge on any atom is -0.346 e. The molecule has 1 heterocycles. The van der Waals surface area contributed by atoms with Crippen LogP contribution < -0.4 is 16.4 Å². The number of hydrogen-bond acceptors (Lipinski definition) is 4. The average Bonchev–Trinajstić information content (AvgIpc) is 2.99. The molecule has 7 nitrogen and oxygen atoms in total. The van der Waals surface area contributed by atoms with Crippen molar-refractivity contribution in [3.63, 3.8) is 0 Å². The molecule has 5 N–H and O–H groups in total. The van der Waals surface area contributed by atoms with Crippen molar-refractivity contribution in [3.05, 3.63) is 30.1 Å². The van der Waals surface area contributed by atoms with Gasteiger partial charge in [0.25, 0.3) is 0 Å². The first-order valence-corrected chi connectivity index (χ1v) is 8.57. The fourth-order valence-corrected chi connectivity index (χ4v) is 2.48. The highest BCUT2D eigenvalue weighted by Gasteiger charge is 2.23. The molecular formula is C18H29Cl2N5O2. The number of aromatic amines is 1. The molecule has 0 radical (unpaired) electrons. The molecule has 0 aliphatic rings. The molecule has 0 aliphatic heterocycles. The first-order chi connectivity index (χ1) is 11.8. The van der Waals surface area contributed by atoms with E-state index in [-0.39, 0.29) is 61.1 Å². The number of fused-ring (bicyclic) bond motifs is 1. The number of halogens is 2. The van der Waals surface area contributed by atoms with Crippen LogP contribution in [-0.2, 0) is 9.59 Å². The van der Waals surface area contributed by atoms with E-state index in [1.54, 1.807) is 0 Å². The molecular weight excluding hydrogens is 389 g/mol. The summed E-state index contributed by atoms with van der Waals surface area (Å²) in [5.74, 6) is 0.258. The van der Waals surface area contributed by atoms with Crippen LogP contribution in [0.15, 0.2) is 24.3 Å². The summed E-state index contributed by atoms with van der Waals surface area (Å²) in [5, 5.41) is 5.51. The summed E-state index contributed by atoms with van der Waals surface area (Å²) in [6.45, 7) is 7.63. The van der Waals surface area contributed by atoms with Crippen LogP contribution in [0, 0.1) is 11.8 Å². The third-order valence-corrected chi connectivity index (χ3v) is 4.13. The Labute approximate surface area is 172 Å². The lowest BCUT2D eigenvalue weighted by Gasteiger charge is -2.21. The Bertz CT molecular complexity index is 715. The van der Waals surface area contributed by atoms with Crippen molar-refractivity contribution in [3.8, 4) is 0 Å². The van der Waals surface area contributed by atoms with Crippen LogP contribution in [0.2, 0.25) is 0 Å². The Morgan fingerprint density at radius 2 is 1.74 bits per heavy atom. The van der Waals surface area contributed by atoms with Crippen LogP contribution in [0.25, 0.3) is 11.0 Å². The Morgan fingerprint density at radius 3 is 2.30 bits per heavy atom. The maximum absolute atomic E-state index is 12.2. The van der Waals surface area contributed by atoms with Crippen molar-refractivity contribution >= 4 is 47.7 Å². The molecule has 2 rings (SSSR count). The van der Waals surface area contributed by atoms with Gasteiger partial charge in [0.2, 0.25) is 11.8 Å². The Morgan fingerprint density at radius 1 is 1.11 bits per heavy atom. The minimum absolute atomic E-state index is 0. The summed E-state index contributed by atoms with van der Waals surface area (Å²) < 4.78 is 0. The quantitative estimate of drug-likeness (QED) is 0.553. The van der Waals surface area contributed by atoms with Gasteiger partial charge in [-0.05, 0) is 24.0 Å². The standard InChI is InChI=1S/C18H27N5O2.2ClH/c1-10(2)15(19)18(25)20-9-14(24)23-16(11(3)4)17-21-12-7-5-6-8-13(12)22-17;;/h5-8,10-11,15-16H,9,19H2,1-4H3,(H,20,25)(H,21,22)(H,23,24);2*1H/t15-,16?;;/m0../s1. The first kappa shape index (κ1) is 25.2. The van der Waals surface area contributed by atoms with Crippen molar-refractivity contribution in [2.75, 3.05) is 6.54 Å². The van der Waals surface area contributed by atoms with Crippen LogP contribution in [0.4, 0.5) is 0 Å². The molecule has 1 unspecified atom stereocenters. The average molecular weight is 418 g/mol. The molecule has 152 valence electrons. The van der Waals surface area contributed by atoms with Crippen LogP contribution in [0.3, 0.4) is 0 Å². The molecule has 9 heteroatoms. The highest BCUT2D eigenvalue weighted by molar-refractivity contribution is 5.87. The number of H-pyrrole nitrogens is 1. The smallest absolute Gasteiger partial charge is 0.239 e. The monoisotopic (exact) mass is 417 g/mol. The number of aromatic nitrogens is 2. The second kappa shape index (κ2) is 11.1. The van der Waals surface area contributed by atoms with Gasteiger partial charge >= 0.3 is 0 Å². The molecule has 2 atom stereocenters. The molecule has 0 saturated carbocycles. The van der Waals surface area contributed by atoms with E-state index in [1.165, 1.54) is 0 Å². The van der Waals surface area contributed by atoms with E-state index in [9.17, 15) is 9.59 Å². The van der Waals surface area contributed by atoms with Gasteiger partial charge in [0.15, 0.2) is 0 Å². The Balaban J connectivity index is 0.00000338. The Kier molecular flexibility index (Phi) is 10.4. The summed E-state index contributed by atoms with van der Waals surface area (Å²) >= 11 is 0. The Hall–Kier alpha value is -1.83. The van der Waals surface area contributed by atoms with Gasteiger partial charge in [0.1, 0.15) is 5.82 Å². The number of hydrogen-bond donors (Lipinski definition) is 4. The predicted molar refractivity (Wildman–Crippen MR) is 112 cm³/mol. The summed E-state index contributed by atoms with van der Waals surface area (Å²) in [6, 6.07) is 6.82. The van der Waals surface area contributed by atoms with Crippen molar-refractivity contribution in [2.45, 2.75) is 39.8 Å². The topological polar surface area (TPSA) is 113 Å². The largest absolute Gasteiger partial charge is 0.346 e. The van der Waals surface area contributed by atoms with Gasteiger partial charge < -0.3 is 21.4 Å². The molecule has 0 bridgehead atoms. The highest BCUT2D eigenvalue weighted by atomic mass is 35.5.